The van der Waals surface area contributed by atoms with Crippen LogP contribution in [0.3, 0.4) is 0 Å². The number of rotatable bonds is 3. The summed E-state index contributed by atoms with van der Waals surface area (Å²) in [6.45, 7) is 4.00. The minimum absolute atomic E-state index is 0.165. The van der Waals surface area contributed by atoms with Crippen molar-refractivity contribution in [1.29, 1.82) is 0 Å². The third-order valence-electron chi connectivity index (χ3n) is 1.99. The Morgan fingerprint density at radius 2 is 2.20 bits per heavy atom. The standard InChI is InChI=1S/C11H14ClNO2/c1-3-15-10(14)6-8-5-9(13)4-7(2)11(8)12/h4-5H,3,6,13H2,1-2H3. The maximum atomic E-state index is 11.3. The topological polar surface area (TPSA) is 52.3 Å². The van der Waals surface area contributed by atoms with Crippen LogP contribution in [0.2, 0.25) is 5.02 Å². The fraction of sp³-hybridized carbons (Fsp3) is 0.364. The zero-order chi connectivity index (χ0) is 11.4. The van der Waals surface area contributed by atoms with E-state index in [1.165, 1.54) is 0 Å². The third kappa shape index (κ3) is 3.13. The number of hydrogen-bond donors (Lipinski definition) is 1. The molecule has 0 bridgehead atoms. The monoisotopic (exact) mass is 227 g/mol. The van der Waals surface area contributed by atoms with Crippen molar-refractivity contribution < 1.29 is 9.53 Å². The zero-order valence-corrected chi connectivity index (χ0v) is 9.60. The van der Waals surface area contributed by atoms with E-state index in [1.54, 1.807) is 19.1 Å². The van der Waals surface area contributed by atoms with Crippen molar-refractivity contribution in [2.45, 2.75) is 20.3 Å². The van der Waals surface area contributed by atoms with Crippen LogP contribution in [0.4, 0.5) is 5.69 Å². The summed E-state index contributed by atoms with van der Waals surface area (Å²) in [5, 5.41) is 0.581. The van der Waals surface area contributed by atoms with Gasteiger partial charge in [0, 0.05) is 10.7 Å². The molecule has 1 rings (SSSR count). The molecule has 4 heteroatoms. The molecule has 0 amide bonds. The second-order valence-corrected chi connectivity index (χ2v) is 3.67. The summed E-state index contributed by atoms with van der Waals surface area (Å²) in [7, 11) is 0. The smallest absolute Gasteiger partial charge is 0.310 e. The van der Waals surface area contributed by atoms with Gasteiger partial charge in [0.25, 0.3) is 0 Å². The van der Waals surface area contributed by atoms with Crippen LogP contribution in [-0.4, -0.2) is 12.6 Å². The molecule has 0 atom stereocenters. The van der Waals surface area contributed by atoms with E-state index >= 15 is 0 Å². The van der Waals surface area contributed by atoms with Gasteiger partial charge in [0.2, 0.25) is 0 Å². The van der Waals surface area contributed by atoms with E-state index in [2.05, 4.69) is 0 Å². The van der Waals surface area contributed by atoms with Crippen LogP contribution in [0.1, 0.15) is 18.1 Å². The van der Waals surface area contributed by atoms with Gasteiger partial charge in [-0.25, -0.2) is 0 Å². The van der Waals surface area contributed by atoms with Crippen LogP contribution >= 0.6 is 11.6 Å². The van der Waals surface area contributed by atoms with Crippen LogP contribution < -0.4 is 5.73 Å². The Bertz CT molecular complexity index is 377. The molecule has 0 aliphatic heterocycles. The largest absolute Gasteiger partial charge is 0.466 e. The van der Waals surface area contributed by atoms with Gasteiger partial charge in [-0.2, -0.15) is 0 Å². The molecule has 0 heterocycles. The van der Waals surface area contributed by atoms with Gasteiger partial charge in [-0.3, -0.25) is 4.79 Å². The van der Waals surface area contributed by atoms with Crippen molar-refractivity contribution in [2.75, 3.05) is 12.3 Å². The maximum Gasteiger partial charge on any atom is 0.310 e. The van der Waals surface area contributed by atoms with E-state index in [0.717, 1.165) is 5.56 Å². The van der Waals surface area contributed by atoms with Crippen molar-refractivity contribution in [3.05, 3.63) is 28.3 Å². The number of aryl methyl sites for hydroxylation is 1. The number of halogens is 1. The fourth-order valence-corrected chi connectivity index (χ4v) is 1.54. The predicted octanol–water partition coefficient (Wildman–Crippen LogP) is 2.34. The van der Waals surface area contributed by atoms with Crippen LogP contribution in [-0.2, 0) is 16.0 Å². The molecule has 3 nitrogen and oxygen atoms in total. The lowest BCUT2D eigenvalue weighted by Crippen LogP contribution is -2.08. The molecule has 0 aliphatic carbocycles. The lowest BCUT2D eigenvalue weighted by molar-refractivity contribution is -0.142. The van der Waals surface area contributed by atoms with Gasteiger partial charge >= 0.3 is 5.97 Å². The lowest BCUT2D eigenvalue weighted by Gasteiger charge is -2.08. The van der Waals surface area contributed by atoms with E-state index < -0.39 is 0 Å². The average Bonchev–Trinajstić information content (AvgIpc) is 2.13. The van der Waals surface area contributed by atoms with Gasteiger partial charge in [0.15, 0.2) is 0 Å². The molecule has 2 N–H and O–H groups in total. The molecule has 0 saturated heterocycles. The lowest BCUT2D eigenvalue weighted by atomic mass is 10.1. The first-order valence-corrected chi connectivity index (χ1v) is 5.12. The third-order valence-corrected chi connectivity index (χ3v) is 2.53. The molecule has 0 fully saturated rings. The highest BCUT2D eigenvalue weighted by Gasteiger charge is 2.10. The minimum atomic E-state index is -0.288. The molecular formula is C11H14ClNO2. The van der Waals surface area contributed by atoms with Crippen LogP contribution in [0, 0.1) is 6.92 Å². The molecule has 15 heavy (non-hydrogen) atoms. The van der Waals surface area contributed by atoms with E-state index in [9.17, 15) is 4.79 Å². The first-order valence-electron chi connectivity index (χ1n) is 4.74. The molecule has 0 saturated carbocycles. The normalized spacial score (nSPS) is 10.1. The highest BCUT2D eigenvalue weighted by molar-refractivity contribution is 6.32. The van der Waals surface area contributed by atoms with Gasteiger partial charge in [0.1, 0.15) is 0 Å². The second kappa shape index (κ2) is 5.03. The van der Waals surface area contributed by atoms with Crippen molar-refractivity contribution in [2.24, 2.45) is 0 Å². The Kier molecular flexibility index (Phi) is 3.97. The van der Waals surface area contributed by atoms with Gasteiger partial charge in [-0.05, 0) is 37.1 Å². The summed E-state index contributed by atoms with van der Waals surface area (Å²) in [4.78, 5) is 11.3. The molecule has 0 unspecified atom stereocenters. The quantitative estimate of drug-likeness (QED) is 0.637. The molecule has 0 radical (unpaired) electrons. The summed E-state index contributed by atoms with van der Waals surface area (Å²) in [6.07, 6.45) is 0.165. The zero-order valence-electron chi connectivity index (χ0n) is 8.84. The molecule has 0 spiro atoms. The second-order valence-electron chi connectivity index (χ2n) is 3.29. The Labute approximate surface area is 94.2 Å². The first kappa shape index (κ1) is 11.9. The molecular weight excluding hydrogens is 214 g/mol. The van der Waals surface area contributed by atoms with Gasteiger partial charge in [0.05, 0.1) is 13.0 Å². The van der Waals surface area contributed by atoms with Crippen molar-refractivity contribution in [1.82, 2.24) is 0 Å². The van der Waals surface area contributed by atoms with E-state index in [0.29, 0.717) is 22.9 Å². The number of carbonyl (C=O) groups excluding carboxylic acids is 1. The summed E-state index contributed by atoms with van der Waals surface area (Å²) >= 11 is 6.05. The predicted molar refractivity (Wildman–Crippen MR) is 60.9 cm³/mol. The van der Waals surface area contributed by atoms with E-state index in [-0.39, 0.29) is 12.4 Å². The Balaban J connectivity index is 2.89. The number of nitrogen functional groups attached to an aromatic ring is 1. The molecule has 1 aromatic carbocycles. The fourth-order valence-electron chi connectivity index (χ4n) is 1.37. The van der Waals surface area contributed by atoms with Crippen LogP contribution in [0.5, 0.6) is 0 Å². The van der Waals surface area contributed by atoms with Crippen LogP contribution in [0.25, 0.3) is 0 Å². The number of hydrogen-bond acceptors (Lipinski definition) is 3. The number of benzene rings is 1. The summed E-state index contributed by atoms with van der Waals surface area (Å²) in [5.74, 6) is -0.288. The van der Waals surface area contributed by atoms with E-state index in [1.807, 2.05) is 6.92 Å². The number of ether oxygens (including phenoxy) is 1. The molecule has 1 aromatic rings. The highest BCUT2D eigenvalue weighted by Crippen LogP contribution is 2.24. The molecule has 82 valence electrons. The number of anilines is 1. The molecule has 0 aliphatic rings. The summed E-state index contributed by atoms with van der Waals surface area (Å²) < 4.78 is 4.84. The summed E-state index contributed by atoms with van der Waals surface area (Å²) in [5.41, 5.74) is 7.86. The van der Waals surface area contributed by atoms with Gasteiger partial charge in [-0.15, -0.1) is 0 Å². The van der Waals surface area contributed by atoms with E-state index in [4.69, 9.17) is 22.1 Å². The highest BCUT2D eigenvalue weighted by atomic mass is 35.5. The Morgan fingerprint density at radius 3 is 2.80 bits per heavy atom. The Morgan fingerprint density at radius 1 is 1.53 bits per heavy atom. The van der Waals surface area contributed by atoms with Crippen molar-refractivity contribution in [3.63, 3.8) is 0 Å². The number of esters is 1. The Hall–Kier alpha value is -1.22. The minimum Gasteiger partial charge on any atom is -0.466 e. The van der Waals surface area contributed by atoms with Crippen molar-refractivity contribution >= 4 is 23.3 Å². The van der Waals surface area contributed by atoms with Gasteiger partial charge < -0.3 is 10.5 Å². The maximum absolute atomic E-state index is 11.3. The average molecular weight is 228 g/mol. The number of nitrogens with two attached hydrogens (primary N) is 1. The van der Waals surface area contributed by atoms with Crippen LogP contribution in [0.15, 0.2) is 12.1 Å². The van der Waals surface area contributed by atoms with Gasteiger partial charge in [-0.1, -0.05) is 11.6 Å². The van der Waals surface area contributed by atoms with Crippen molar-refractivity contribution in [3.8, 4) is 0 Å². The SMILES string of the molecule is CCOC(=O)Cc1cc(N)cc(C)c1Cl. The molecule has 0 aromatic heterocycles. The summed E-state index contributed by atoms with van der Waals surface area (Å²) in [6, 6.07) is 3.48. The first-order chi connectivity index (χ1) is 7.04. The number of carbonyl (C=O) groups is 1.